The first-order chi connectivity index (χ1) is 18.2. The summed E-state index contributed by atoms with van der Waals surface area (Å²) in [5.74, 6) is 1.31. The summed E-state index contributed by atoms with van der Waals surface area (Å²) in [6.45, 7) is 6.86. The number of nitrogens with one attached hydrogen (secondary N) is 1. The van der Waals surface area contributed by atoms with E-state index in [1.165, 1.54) is 6.07 Å². The molecule has 1 unspecified atom stereocenters. The minimum atomic E-state index is -0.575. The number of unbranched alkanes of at least 4 members (excludes halogenated alkanes) is 1. The lowest BCUT2D eigenvalue weighted by Gasteiger charge is -2.27. The Hall–Kier alpha value is -3.85. The van der Waals surface area contributed by atoms with E-state index in [9.17, 15) is 14.7 Å². The van der Waals surface area contributed by atoms with E-state index in [-0.39, 0.29) is 18.2 Å². The number of fused-ring (bicyclic) bond motifs is 2. The molecule has 0 bridgehead atoms. The Balaban J connectivity index is 1.64. The predicted octanol–water partition coefficient (Wildman–Crippen LogP) is 3.77. The minimum absolute atomic E-state index is 0.112. The van der Waals surface area contributed by atoms with Gasteiger partial charge in [0.1, 0.15) is 17.2 Å². The Bertz CT molecular complexity index is 1360. The van der Waals surface area contributed by atoms with E-state index in [0.29, 0.717) is 31.8 Å². The van der Waals surface area contributed by atoms with Crippen molar-refractivity contribution < 1.29 is 19.4 Å². The SMILES string of the molecule is COc1cc(=O)n(CC2=NC3=CC(CNC(=O)OC(C)(C)C)=CC=CC3N2CCCCO)c2ccccc12. The van der Waals surface area contributed by atoms with Crippen molar-refractivity contribution in [3.63, 3.8) is 0 Å². The second kappa shape index (κ2) is 11.7. The average molecular weight is 521 g/mol. The van der Waals surface area contributed by atoms with Gasteiger partial charge in [0, 0.05) is 31.1 Å². The molecule has 4 rings (SSSR count). The Kier molecular flexibility index (Phi) is 8.36. The summed E-state index contributed by atoms with van der Waals surface area (Å²) in [6.07, 6.45) is 8.94. The molecule has 0 saturated heterocycles. The maximum atomic E-state index is 13.1. The van der Waals surface area contributed by atoms with E-state index < -0.39 is 11.7 Å². The Morgan fingerprint density at radius 2 is 2.00 bits per heavy atom. The summed E-state index contributed by atoms with van der Waals surface area (Å²) < 4.78 is 12.5. The van der Waals surface area contributed by atoms with Crippen molar-refractivity contribution in [2.45, 2.75) is 51.8 Å². The van der Waals surface area contributed by atoms with Crippen LogP contribution < -0.4 is 15.6 Å². The number of alkyl carbamates (subject to hydrolysis) is 1. The minimum Gasteiger partial charge on any atom is -0.496 e. The highest BCUT2D eigenvalue weighted by Crippen LogP contribution is 2.29. The molecular weight excluding hydrogens is 484 g/mol. The van der Waals surface area contributed by atoms with Crippen LogP contribution in [0.3, 0.4) is 0 Å². The summed E-state index contributed by atoms with van der Waals surface area (Å²) in [6, 6.07) is 9.06. The molecule has 2 N–H and O–H groups in total. The van der Waals surface area contributed by atoms with E-state index in [0.717, 1.165) is 34.4 Å². The van der Waals surface area contributed by atoms with Crippen LogP contribution in [-0.4, -0.2) is 65.0 Å². The number of carbonyl (C=O) groups excluding carboxylic acids is 1. The summed E-state index contributed by atoms with van der Waals surface area (Å²) in [7, 11) is 1.56. The molecule has 9 nitrogen and oxygen atoms in total. The summed E-state index contributed by atoms with van der Waals surface area (Å²) in [5, 5.41) is 13.0. The number of amides is 1. The van der Waals surface area contributed by atoms with Crippen molar-refractivity contribution in [1.29, 1.82) is 0 Å². The van der Waals surface area contributed by atoms with Crippen molar-refractivity contribution in [3.8, 4) is 5.75 Å². The van der Waals surface area contributed by atoms with Crippen LogP contribution in [0.25, 0.3) is 10.9 Å². The van der Waals surface area contributed by atoms with Crippen LogP contribution in [0.5, 0.6) is 5.75 Å². The molecule has 0 saturated carbocycles. The van der Waals surface area contributed by atoms with Gasteiger partial charge in [-0.25, -0.2) is 9.79 Å². The Morgan fingerprint density at radius 1 is 1.21 bits per heavy atom. The van der Waals surface area contributed by atoms with E-state index in [1.54, 1.807) is 11.7 Å². The van der Waals surface area contributed by atoms with Crippen LogP contribution in [0.2, 0.25) is 0 Å². The molecule has 2 aliphatic rings. The third kappa shape index (κ3) is 6.34. The van der Waals surface area contributed by atoms with Gasteiger partial charge in [0.15, 0.2) is 0 Å². The lowest BCUT2D eigenvalue weighted by molar-refractivity contribution is 0.0533. The number of allylic oxidation sites excluding steroid dienone is 2. The normalized spacial score (nSPS) is 16.9. The smallest absolute Gasteiger partial charge is 0.407 e. The van der Waals surface area contributed by atoms with E-state index in [4.69, 9.17) is 14.5 Å². The maximum Gasteiger partial charge on any atom is 0.407 e. The number of aromatic nitrogens is 1. The van der Waals surface area contributed by atoms with Gasteiger partial charge in [0.2, 0.25) is 0 Å². The van der Waals surface area contributed by atoms with Crippen molar-refractivity contribution in [1.82, 2.24) is 14.8 Å². The number of hydrogen-bond donors (Lipinski definition) is 2. The van der Waals surface area contributed by atoms with Crippen molar-refractivity contribution >= 4 is 22.8 Å². The zero-order valence-electron chi connectivity index (χ0n) is 22.4. The number of benzene rings is 1. The number of amidine groups is 1. The molecule has 1 amide bonds. The fourth-order valence-electron chi connectivity index (χ4n) is 4.61. The van der Waals surface area contributed by atoms with E-state index >= 15 is 0 Å². The molecule has 2 heterocycles. The summed E-state index contributed by atoms with van der Waals surface area (Å²) in [5.41, 5.74) is 1.75. The van der Waals surface area contributed by atoms with Gasteiger partial charge in [-0.2, -0.15) is 0 Å². The fourth-order valence-corrected chi connectivity index (χ4v) is 4.61. The van der Waals surface area contributed by atoms with E-state index in [2.05, 4.69) is 16.3 Å². The van der Waals surface area contributed by atoms with Gasteiger partial charge in [-0.15, -0.1) is 0 Å². The zero-order valence-corrected chi connectivity index (χ0v) is 22.4. The number of aliphatic hydroxyl groups is 1. The molecule has 2 aromatic rings. The van der Waals surface area contributed by atoms with Crippen LogP contribution >= 0.6 is 0 Å². The van der Waals surface area contributed by atoms with Gasteiger partial charge in [0.05, 0.1) is 30.9 Å². The van der Waals surface area contributed by atoms with Crippen LogP contribution in [0.4, 0.5) is 4.79 Å². The third-order valence-electron chi connectivity index (χ3n) is 6.31. The number of aliphatic hydroxyl groups excluding tert-OH is 1. The number of hydrogen-bond acceptors (Lipinski definition) is 7. The molecule has 0 radical (unpaired) electrons. The van der Waals surface area contributed by atoms with Crippen LogP contribution in [-0.2, 0) is 11.3 Å². The first-order valence-corrected chi connectivity index (χ1v) is 12.9. The van der Waals surface area contributed by atoms with Crippen LogP contribution in [0, 0.1) is 0 Å². The number of methoxy groups -OCH3 is 1. The molecule has 202 valence electrons. The number of nitrogens with zero attached hydrogens (tertiary/aromatic N) is 3. The number of ether oxygens (including phenoxy) is 2. The molecule has 1 aromatic heterocycles. The Labute approximate surface area is 222 Å². The molecule has 0 fully saturated rings. The number of carbonyl (C=O) groups is 1. The maximum absolute atomic E-state index is 13.1. The first kappa shape index (κ1) is 27.2. The topological polar surface area (TPSA) is 105 Å². The first-order valence-electron chi connectivity index (χ1n) is 12.9. The summed E-state index contributed by atoms with van der Waals surface area (Å²) in [4.78, 5) is 32.4. The van der Waals surface area contributed by atoms with Crippen LogP contribution in [0.15, 0.2) is 75.7 Å². The zero-order chi connectivity index (χ0) is 27.3. The Morgan fingerprint density at radius 3 is 2.74 bits per heavy atom. The van der Waals surface area contributed by atoms with E-state index in [1.807, 2.05) is 63.3 Å². The number of rotatable bonds is 9. The largest absolute Gasteiger partial charge is 0.496 e. The van der Waals surface area contributed by atoms with Gasteiger partial charge >= 0.3 is 6.09 Å². The van der Waals surface area contributed by atoms with Crippen LogP contribution in [0.1, 0.15) is 33.6 Å². The quantitative estimate of drug-likeness (QED) is 0.488. The van der Waals surface area contributed by atoms with Gasteiger partial charge in [-0.05, 0) is 57.4 Å². The number of pyridine rings is 1. The summed E-state index contributed by atoms with van der Waals surface area (Å²) >= 11 is 0. The van der Waals surface area contributed by atoms with Crippen molar-refractivity contribution in [3.05, 3.63) is 76.3 Å². The molecule has 1 atom stereocenters. The highest BCUT2D eigenvalue weighted by atomic mass is 16.6. The van der Waals surface area contributed by atoms with Gasteiger partial charge in [-0.1, -0.05) is 30.4 Å². The molecule has 0 spiro atoms. The lowest BCUT2D eigenvalue weighted by Crippen LogP contribution is -2.39. The highest BCUT2D eigenvalue weighted by molar-refractivity contribution is 5.90. The third-order valence-corrected chi connectivity index (χ3v) is 6.31. The lowest BCUT2D eigenvalue weighted by atomic mass is 10.1. The molecule has 38 heavy (non-hydrogen) atoms. The molecular formula is C29H36N4O5. The highest BCUT2D eigenvalue weighted by Gasteiger charge is 2.31. The number of para-hydroxylation sites is 1. The van der Waals surface area contributed by atoms with Gasteiger partial charge in [-0.3, -0.25) is 4.79 Å². The number of aliphatic imine (C=N–C) groups is 1. The monoisotopic (exact) mass is 520 g/mol. The molecule has 1 aliphatic heterocycles. The average Bonchev–Trinajstić information content (AvgIpc) is 3.04. The molecule has 1 aromatic carbocycles. The van der Waals surface area contributed by atoms with Gasteiger partial charge < -0.3 is 29.4 Å². The molecule has 1 aliphatic carbocycles. The fraction of sp³-hybridized carbons (Fsp3) is 0.414. The second-order valence-corrected chi connectivity index (χ2v) is 10.3. The van der Waals surface area contributed by atoms with Crippen molar-refractivity contribution in [2.75, 3.05) is 26.8 Å². The predicted molar refractivity (Wildman–Crippen MR) is 149 cm³/mol. The molecule has 9 heteroatoms. The van der Waals surface area contributed by atoms with Crippen molar-refractivity contribution in [2.24, 2.45) is 4.99 Å². The standard InChI is InChI=1S/C29H36N4O5/c1-29(2,3)38-28(36)30-18-20-10-9-13-24-22(16-20)31-26(32(24)14-7-8-15-34)19-33-23-12-6-5-11-21(23)25(37-4)17-27(33)35/h5-6,9-13,16-17,24,34H,7-8,14-15,18-19H2,1-4H3,(H,30,36). The van der Waals surface area contributed by atoms with Gasteiger partial charge in [0.25, 0.3) is 5.56 Å². The second-order valence-electron chi connectivity index (χ2n) is 10.3.